The SMILES string of the molecule is COC(=O)C1=CN(c2ccccc2)c2ccccc2S1(=O)=O. The fourth-order valence-electron chi connectivity index (χ4n) is 2.32. The van der Waals surface area contributed by atoms with Crippen molar-refractivity contribution in [3.05, 3.63) is 65.7 Å². The van der Waals surface area contributed by atoms with E-state index in [0.29, 0.717) is 5.69 Å². The summed E-state index contributed by atoms with van der Waals surface area (Å²) in [6.07, 6.45) is 1.30. The summed E-state index contributed by atoms with van der Waals surface area (Å²) < 4.78 is 29.8. The molecule has 112 valence electrons. The largest absolute Gasteiger partial charge is 0.465 e. The predicted molar refractivity (Wildman–Crippen MR) is 82.3 cm³/mol. The molecule has 2 aromatic rings. The number of hydrogen-bond donors (Lipinski definition) is 0. The fraction of sp³-hybridized carbons (Fsp3) is 0.0625. The van der Waals surface area contributed by atoms with E-state index in [2.05, 4.69) is 4.74 Å². The molecule has 0 saturated heterocycles. The van der Waals surface area contributed by atoms with Crippen LogP contribution in [-0.4, -0.2) is 21.5 Å². The lowest BCUT2D eigenvalue weighted by Crippen LogP contribution is -2.26. The zero-order chi connectivity index (χ0) is 15.7. The Hall–Kier alpha value is -2.60. The van der Waals surface area contributed by atoms with Gasteiger partial charge in [-0.15, -0.1) is 0 Å². The third-order valence-corrected chi connectivity index (χ3v) is 5.15. The topological polar surface area (TPSA) is 63.7 Å². The van der Waals surface area contributed by atoms with Crippen molar-refractivity contribution in [2.45, 2.75) is 4.90 Å². The van der Waals surface area contributed by atoms with E-state index in [4.69, 9.17) is 0 Å². The van der Waals surface area contributed by atoms with Gasteiger partial charge in [-0.3, -0.25) is 0 Å². The van der Waals surface area contributed by atoms with Crippen molar-refractivity contribution in [3.8, 4) is 0 Å². The Bertz CT molecular complexity index is 857. The maximum absolute atomic E-state index is 12.6. The van der Waals surface area contributed by atoms with Crippen LogP contribution in [0.15, 0.2) is 70.6 Å². The molecule has 0 N–H and O–H groups in total. The number of sulfone groups is 1. The van der Waals surface area contributed by atoms with E-state index in [-0.39, 0.29) is 9.80 Å². The van der Waals surface area contributed by atoms with Crippen LogP contribution < -0.4 is 4.90 Å². The summed E-state index contributed by atoms with van der Waals surface area (Å²) >= 11 is 0. The van der Waals surface area contributed by atoms with E-state index in [1.165, 1.54) is 12.3 Å². The van der Waals surface area contributed by atoms with Crippen LogP contribution in [0.1, 0.15) is 0 Å². The number of methoxy groups -OCH3 is 1. The van der Waals surface area contributed by atoms with Crippen LogP contribution in [0.4, 0.5) is 11.4 Å². The average Bonchev–Trinajstić information content (AvgIpc) is 2.55. The first-order valence-corrected chi connectivity index (χ1v) is 8.02. The van der Waals surface area contributed by atoms with Crippen LogP contribution in [0.25, 0.3) is 0 Å². The van der Waals surface area contributed by atoms with Crippen LogP contribution in [-0.2, 0) is 19.4 Å². The maximum Gasteiger partial charge on any atom is 0.351 e. The Morgan fingerprint density at radius 2 is 1.64 bits per heavy atom. The van der Waals surface area contributed by atoms with Gasteiger partial charge >= 0.3 is 5.97 Å². The van der Waals surface area contributed by atoms with Gasteiger partial charge in [-0.05, 0) is 24.3 Å². The molecule has 22 heavy (non-hydrogen) atoms. The van der Waals surface area contributed by atoms with E-state index >= 15 is 0 Å². The molecule has 0 aliphatic carbocycles. The number of carbonyl (C=O) groups is 1. The number of para-hydroxylation sites is 2. The zero-order valence-electron chi connectivity index (χ0n) is 11.8. The molecule has 0 atom stereocenters. The molecular weight excluding hydrogens is 302 g/mol. The number of hydrogen-bond acceptors (Lipinski definition) is 5. The molecule has 5 nitrogen and oxygen atoms in total. The van der Waals surface area contributed by atoms with Crippen LogP contribution in [0.3, 0.4) is 0 Å². The highest BCUT2D eigenvalue weighted by molar-refractivity contribution is 7.96. The number of fused-ring (bicyclic) bond motifs is 1. The first-order valence-electron chi connectivity index (χ1n) is 6.54. The standard InChI is InChI=1S/C16H13NO4S/c1-21-16(18)15-11-17(12-7-3-2-4-8-12)13-9-5-6-10-14(13)22(15,19)20/h2-11H,1H3. The smallest absolute Gasteiger partial charge is 0.351 e. The van der Waals surface area contributed by atoms with Gasteiger partial charge in [-0.2, -0.15) is 0 Å². The van der Waals surface area contributed by atoms with E-state index in [1.54, 1.807) is 23.1 Å². The van der Waals surface area contributed by atoms with E-state index in [9.17, 15) is 13.2 Å². The predicted octanol–water partition coefficient (Wildman–Crippen LogP) is 2.63. The summed E-state index contributed by atoms with van der Waals surface area (Å²) in [5, 5.41) is 0. The quantitative estimate of drug-likeness (QED) is 0.797. The number of rotatable bonds is 2. The highest BCUT2D eigenvalue weighted by atomic mass is 32.2. The van der Waals surface area contributed by atoms with Crippen LogP contribution in [0, 0.1) is 0 Å². The zero-order valence-corrected chi connectivity index (χ0v) is 12.6. The molecule has 6 heteroatoms. The fourth-order valence-corrected chi connectivity index (χ4v) is 3.81. The number of esters is 1. The molecule has 3 rings (SSSR count). The van der Waals surface area contributed by atoms with Gasteiger partial charge in [0.05, 0.1) is 17.7 Å². The molecule has 1 aliphatic heterocycles. The Morgan fingerprint density at radius 3 is 2.32 bits per heavy atom. The third kappa shape index (κ3) is 2.17. The summed E-state index contributed by atoms with van der Waals surface area (Å²) in [5.74, 6) is -0.879. The Kier molecular flexibility index (Phi) is 3.46. The highest BCUT2D eigenvalue weighted by Gasteiger charge is 2.36. The number of carbonyl (C=O) groups excluding carboxylic acids is 1. The summed E-state index contributed by atoms with van der Waals surface area (Å²) in [5.41, 5.74) is 1.26. The van der Waals surface area contributed by atoms with Gasteiger partial charge < -0.3 is 9.64 Å². The normalized spacial score (nSPS) is 15.7. The molecule has 0 unspecified atom stereocenters. The Balaban J connectivity index is 2.28. The number of benzene rings is 2. The number of anilines is 2. The van der Waals surface area contributed by atoms with Crippen LogP contribution in [0.2, 0.25) is 0 Å². The van der Waals surface area contributed by atoms with Gasteiger partial charge in [-0.1, -0.05) is 30.3 Å². The van der Waals surface area contributed by atoms with Crippen molar-refractivity contribution in [1.82, 2.24) is 0 Å². The first kappa shape index (κ1) is 14.3. The molecular formula is C16H13NO4S. The van der Waals surface area contributed by atoms with Crippen molar-refractivity contribution < 1.29 is 17.9 Å². The Labute approximate surface area is 128 Å². The van der Waals surface area contributed by atoms with Crippen molar-refractivity contribution in [1.29, 1.82) is 0 Å². The number of nitrogens with zero attached hydrogens (tertiary/aromatic N) is 1. The number of ether oxygens (including phenoxy) is 1. The van der Waals surface area contributed by atoms with Gasteiger partial charge in [0.2, 0.25) is 9.84 Å². The lowest BCUT2D eigenvalue weighted by molar-refractivity contribution is -0.135. The van der Waals surface area contributed by atoms with Crippen molar-refractivity contribution >= 4 is 27.2 Å². The molecule has 0 spiro atoms. The summed E-state index contributed by atoms with van der Waals surface area (Å²) in [6.45, 7) is 0. The summed E-state index contributed by atoms with van der Waals surface area (Å²) in [6, 6.07) is 15.8. The lowest BCUT2D eigenvalue weighted by Gasteiger charge is -2.28. The molecule has 2 aromatic carbocycles. The minimum atomic E-state index is -3.89. The second-order valence-corrected chi connectivity index (χ2v) is 6.55. The van der Waals surface area contributed by atoms with Gasteiger partial charge in [0.1, 0.15) is 0 Å². The minimum Gasteiger partial charge on any atom is -0.465 e. The van der Waals surface area contributed by atoms with Gasteiger partial charge in [0.15, 0.2) is 4.91 Å². The highest BCUT2D eigenvalue weighted by Crippen LogP contribution is 2.39. The third-order valence-electron chi connectivity index (χ3n) is 3.37. The van der Waals surface area contributed by atoms with Crippen LogP contribution in [0.5, 0.6) is 0 Å². The maximum atomic E-state index is 12.6. The van der Waals surface area contributed by atoms with Gasteiger partial charge in [0, 0.05) is 11.9 Å². The van der Waals surface area contributed by atoms with E-state index in [0.717, 1.165) is 12.8 Å². The molecule has 1 heterocycles. The van der Waals surface area contributed by atoms with E-state index in [1.807, 2.05) is 30.3 Å². The molecule has 0 radical (unpaired) electrons. The monoisotopic (exact) mass is 315 g/mol. The van der Waals surface area contributed by atoms with Crippen LogP contribution >= 0.6 is 0 Å². The minimum absolute atomic E-state index is 0.0850. The van der Waals surface area contributed by atoms with E-state index < -0.39 is 15.8 Å². The van der Waals surface area contributed by atoms with Gasteiger partial charge in [0.25, 0.3) is 0 Å². The lowest BCUT2D eigenvalue weighted by atomic mass is 10.2. The molecule has 1 aliphatic rings. The second kappa shape index (κ2) is 5.31. The first-order chi connectivity index (χ1) is 10.6. The van der Waals surface area contributed by atoms with Crippen molar-refractivity contribution in [2.75, 3.05) is 12.0 Å². The summed E-state index contributed by atoms with van der Waals surface area (Å²) in [7, 11) is -2.73. The molecule has 0 amide bonds. The average molecular weight is 315 g/mol. The molecule has 0 saturated carbocycles. The second-order valence-electron chi connectivity index (χ2n) is 4.66. The summed E-state index contributed by atoms with van der Waals surface area (Å²) in [4.78, 5) is 13.2. The molecule has 0 fully saturated rings. The molecule has 0 bridgehead atoms. The molecule has 0 aromatic heterocycles. The van der Waals surface area contributed by atoms with Crippen molar-refractivity contribution in [2.24, 2.45) is 0 Å². The Morgan fingerprint density at radius 1 is 1.00 bits per heavy atom. The van der Waals surface area contributed by atoms with Crippen molar-refractivity contribution in [3.63, 3.8) is 0 Å². The van der Waals surface area contributed by atoms with Gasteiger partial charge in [-0.25, -0.2) is 13.2 Å².